The normalized spacial score (nSPS) is 11.2. The molecule has 0 atom stereocenters. The Bertz CT molecular complexity index is 824. The Labute approximate surface area is 129 Å². The quantitative estimate of drug-likeness (QED) is 0.546. The SMILES string of the molecule is Cc1c(C(=O)C=Cc2csnn2)nnn1-c1ccc(F)cc1. The number of hydrogen-bond donors (Lipinski definition) is 0. The van der Waals surface area contributed by atoms with Crippen molar-refractivity contribution in [2.24, 2.45) is 0 Å². The lowest BCUT2D eigenvalue weighted by Gasteiger charge is -2.02. The fourth-order valence-corrected chi connectivity index (χ4v) is 2.29. The summed E-state index contributed by atoms with van der Waals surface area (Å²) in [5, 5.41) is 13.4. The number of benzene rings is 1. The van der Waals surface area contributed by atoms with Gasteiger partial charge in [-0.1, -0.05) is 9.70 Å². The highest BCUT2D eigenvalue weighted by atomic mass is 32.1. The van der Waals surface area contributed by atoms with Crippen molar-refractivity contribution in [1.29, 1.82) is 0 Å². The molecule has 2 heterocycles. The van der Waals surface area contributed by atoms with Crippen LogP contribution in [0.1, 0.15) is 21.9 Å². The van der Waals surface area contributed by atoms with Crippen LogP contribution in [0.3, 0.4) is 0 Å². The lowest BCUT2D eigenvalue weighted by Crippen LogP contribution is -2.02. The summed E-state index contributed by atoms with van der Waals surface area (Å²) in [6.07, 6.45) is 2.95. The van der Waals surface area contributed by atoms with Gasteiger partial charge in [-0.3, -0.25) is 4.79 Å². The van der Waals surface area contributed by atoms with E-state index in [0.717, 1.165) is 0 Å². The zero-order valence-corrected chi connectivity index (χ0v) is 12.3. The molecule has 110 valence electrons. The molecule has 3 aromatic rings. The molecule has 0 radical (unpaired) electrons. The maximum absolute atomic E-state index is 13.0. The molecule has 1 aromatic carbocycles. The van der Waals surface area contributed by atoms with Crippen molar-refractivity contribution in [1.82, 2.24) is 24.6 Å². The molecule has 0 amide bonds. The summed E-state index contributed by atoms with van der Waals surface area (Å²) in [7, 11) is 0. The van der Waals surface area contributed by atoms with E-state index < -0.39 is 0 Å². The molecule has 0 fully saturated rings. The molecule has 0 aliphatic rings. The molecule has 0 saturated heterocycles. The maximum Gasteiger partial charge on any atom is 0.208 e. The number of carbonyl (C=O) groups excluding carboxylic acids is 1. The number of rotatable bonds is 4. The van der Waals surface area contributed by atoms with Crippen LogP contribution in [0.25, 0.3) is 11.8 Å². The van der Waals surface area contributed by atoms with Crippen LogP contribution in [0, 0.1) is 12.7 Å². The highest BCUT2D eigenvalue weighted by Gasteiger charge is 2.15. The van der Waals surface area contributed by atoms with E-state index in [1.165, 1.54) is 34.4 Å². The molecule has 22 heavy (non-hydrogen) atoms. The molecule has 0 aliphatic carbocycles. The average molecular weight is 315 g/mol. The van der Waals surface area contributed by atoms with Crippen LogP contribution in [-0.4, -0.2) is 30.4 Å². The Morgan fingerprint density at radius 2 is 2.05 bits per heavy atom. The molecule has 0 aliphatic heterocycles. The lowest BCUT2D eigenvalue weighted by atomic mass is 10.2. The van der Waals surface area contributed by atoms with Crippen molar-refractivity contribution < 1.29 is 9.18 Å². The van der Waals surface area contributed by atoms with Gasteiger partial charge in [0.1, 0.15) is 5.82 Å². The summed E-state index contributed by atoms with van der Waals surface area (Å²) in [6.45, 7) is 1.73. The van der Waals surface area contributed by atoms with Crippen molar-refractivity contribution in [3.63, 3.8) is 0 Å². The van der Waals surface area contributed by atoms with E-state index in [9.17, 15) is 9.18 Å². The van der Waals surface area contributed by atoms with E-state index >= 15 is 0 Å². The summed E-state index contributed by atoms with van der Waals surface area (Å²) in [6, 6.07) is 5.80. The minimum Gasteiger partial charge on any atom is -0.287 e. The van der Waals surface area contributed by atoms with Gasteiger partial charge in [0, 0.05) is 5.38 Å². The fourth-order valence-electron chi connectivity index (χ4n) is 1.87. The molecule has 0 bridgehead atoms. The fraction of sp³-hybridized carbons (Fsp3) is 0.0714. The van der Waals surface area contributed by atoms with Gasteiger partial charge in [-0.15, -0.1) is 10.2 Å². The topological polar surface area (TPSA) is 73.6 Å². The van der Waals surface area contributed by atoms with Crippen LogP contribution in [0.5, 0.6) is 0 Å². The first-order valence-corrected chi connectivity index (χ1v) is 7.16. The molecule has 3 rings (SSSR count). The van der Waals surface area contributed by atoms with Crippen molar-refractivity contribution in [3.8, 4) is 5.69 Å². The number of ketones is 1. The van der Waals surface area contributed by atoms with Gasteiger partial charge in [-0.2, -0.15) is 0 Å². The first-order chi connectivity index (χ1) is 10.6. The summed E-state index contributed by atoms with van der Waals surface area (Å²) in [5.74, 6) is -0.614. The third-order valence-corrected chi connectivity index (χ3v) is 3.50. The second-order valence-electron chi connectivity index (χ2n) is 4.44. The van der Waals surface area contributed by atoms with Crippen LogP contribution in [0.15, 0.2) is 35.7 Å². The molecule has 8 heteroatoms. The van der Waals surface area contributed by atoms with Gasteiger partial charge in [0.15, 0.2) is 5.69 Å². The van der Waals surface area contributed by atoms with Crippen LogP contribution in [0.2, 0.25) is 0 Å². The lowest BCUT2D eigenvalue weighted by molar-refractivity contribution is 0.104. The molecule has 0 saturated carbocycles. The van der Waals surface area contributed by atoms with Crippen molar-refractivity contribution >= 4 is 23.4 Å². The van der Waals surface area contributed by atoms with Gasteiger partial charge in [-0.05, 0) is 54.9 Å². The molecule has 0 spiro atoms. The van der Waals surface area contributed by atoms with Gasteiger partial charge in [0.25, 0.3) is 0 Å². The van der Waals surface area contributed by atoms with Crippen LogP contribution in [-0.2, 0) is 0 Å². The summed E-state index contributed by atoms with van der Waals surface area (Å²) < 4.78 is 18.2. The molecule has 2 aromatic heterocycles. The number of aromatic nitrogens is 5. The second kappa shape index (κ2) is 5.94. The van der Waals surface area contributed by atoms with E-state index in [-0.39, 0.29) is 17.3 Å². The Hall–Kier alpha value is -2.74. The highest BCUT2D eigenvalue weighted by Crippen LogP contribution is 2.14. The van der Waals surface area contributed by atoms with Gasteiger partial charge < -0.3 is 0 Å². The molecular weight excluding hydrogens is 305 g/mol. The van der Waals surface area contributed by atoms with Crippen LogP contribution in [0.4, 0.5) is 4.39 Å². The number of nitrogens with zero attached hydrogens (tertiary/aromatic N) is 5. The van der Waals surface area contributed by atoms with Crippen molar-refractivity contribution in [2.75, 3.05) is 0 Å². The highest BCUT2D eigenvalue weighted by molar-refractivity contribution is 7.03. The van der Waals surface area contributed by atoms with Crippen molar-refractivity contribution in [2.45, 2.75) is 6.92 Å². The Morgan fingerprint density at radius 1 is 1.27 bits per heavy atom. The molecule has 0 N–H and O–H groups in total. The predicted molar refractivity (Wildman–Crippen MR) is 79.3 cm³/mol. The Balaban J connectivity index is 1.87. The first kappa shape index (κ1) is 14.2. The molecular formula is C14H10FN5OS. The van der Waals surface area contributed by atoms with Crippen molar-refractivity contribution in [3.05, 3.63) is 58.6 Å². The Kier molecular flexibility index (Phi) is 3.84. The second-order valence-corrected chi connectivity index (χ2v) is 5.05. The summed E-state index contributed by atoms with van der Waals surface area (Å²) in [4.78, 5) is 12.2. The molecule has 6 nitrogen and oxygen atoms in total. The number of carbonyl (C=O) groups is 1. The summed E-state index contributed by atoms with van der Waals surface area (Å²) >= 11 is 1.21. The van der Waals surface area contributed by atoms with Crippen LogP contribution >= 0.6 is 11.5 Å². The Morgan fingerprint density at radius 3 is 2.73 bits per heavy atom. The largest absolute Gasteiger partial charge is 0.287 e. The van der Waals surface area contributed by atoms with E-state index in [2.05, 4.69) is 19.9 Å². The van der Waals surface area contributed by atoms with E-state index in [1.54, 1.807) is 30.5 Å². The number of hydrogen-bond acceptors (Lipinski definition) is 6. The minimum atomic E-state index is -0.336. The monoisotopic (exact) mass is 315 g/mol. The zero-order chi connectivity index (χ0) is 15.5. The van der Waals surface area contributed by atoms with Gasteiger partial charge in [0.05, 0.1) is 17.1 Å². The van der Waals surface area contributed by atoms with Gasteiger partial charge in [-0.25, -0.2) is 9.07 Å². The van der Waals surface area contributed by atoms with Gasteiger partial charge >= 0.3 is 0 Å². The van der Waals surface area contributed by atoms with Gasteiger partial charge in [0.2, 0.25) is 5.78 Å². The standard InChI is InChI=1S/C14H10FN5OS/c1-9-14(13(21)7-4-11-8-22-19-16-11)17-18-20(9)12-5-2-10(15)3-6-12/h2-8H,1H3. The molecule has 0 unspecified atom stereocenters. The smallest absolute Gasteiger partial charge is 0.208 e. The van der Waals surface area contributed by atoms with E-state index in [1.807, 2.05) is 0 Å². The van der Waals surface area contributed by atoms with E-state index in [0.29, 0.717) is 17.1 Å². The first-order valence-electron chi connectivity index (χ1n) is 6.33. The number of allylic oxidation sites excluding steroid dienone is 1. The third kappa shape index (κ3) is 2.82. The van der Waals surface area contributed by atoms with E-state index in [4.69, 9.17) is 0 Å². The third-order valence-electron chi connectivity index (χ3n) is 2.98. The maximum atomic E-state index is 13.0. The number of halogens is 1. The average Bonchev–Trinajstić information content (AvgIpc) is 3.15. The minimum absolute atomic E-state index is 0.240. The van der Waals surface area contributed by atoms with Crippen LogP contribution < -0.4 is 0 Å². The summed E-state index contributed by atoms with van der Waals surface area (Å²) in [5.41, 5.74) is 2.07. The predicted octanol–water partition coefficient (Wildman–Crippen LogP) is 2.46. The zero-order valence-electron chi connectivity index (χ0n) is 11.5.